The molecule has 0 radical (unpaired) electrons. The van der Waals surface area contributed by atoms with E-state index in [0.29, 0.717) is 12.1 Å². The number of para-hydroxylation sites is 1. The summed E-state index contributed by atoms with van der Waals surface area (Å²) in [6.45, 7) is 5.71. The van der Waals surface area contributed by atoms with Gasteiger partial charge in [0.15, 0.2) is 0 Å². The van der Waals surface area contributed by atoms with E-state index in [4.69, 9.17) is 0 Å². The van der Waals surface area contributed by atoms with E-state index in [9.17, 15) is 0 Å². The highest BCUT2D eigenvalue weighted by Gasteiger charge is 2.32. The van der Waals surface area contributed by atoms with Gasteiger partial charge in [0.1, 0.15) is 0 Å². The molecule has 3 aromatic rings. The largest absolute Gasteiger partial charge is 0.357 e. The summed E-state index contributed by atoms with van der Waals surface area (Å²) in [6.07, 6.45) is 1.13. The number of H-pyrrole nitrogens is 1. The minimum absolute atomic E-state index is 0.331. The molecule has 2 heteroatoms. The van der Waals surface area contributed by atoms with Gasteiger partial charge in [-0.3, -0.25) is 4.90 Å². The first-order valence-electron chi connectivity index (χ1n) is 8.16. The van der Waals surface area contributed by atoms with Gasteiger partial charge < -0.3 is 4.98 Å². The summed E-state index contributed by atoms with van der Waals surface area (Å²) in [6, 6.07) is 20.4. The zero-order valence-electron chi connectivity index (χ0n) is 13.2. The first-order valence-corrected chi connectivity index (χ1v) is 8.16. The molecule has 1 atom stereocenters. The van der Waals surface area contributed by atoms with Crippen molar-refractivity contribution in [2.24, 2.45) is 0 Å². The van der Waals surface area contributed by atoms with Gasteiger partial charge >= 0.3 is 0 Å². The molecular weight excluding hydrogens is 268 g/mol. The van der Waals surface area contributed by atoms with Crippen molar-refractivity contribution in [2.45, 2.75) is 32.4 Å². The molecule has 0 saturated heterocycles. The minimum atomic E-state index is 0.331. The van der Waals surface area contributed by atoms with Crippen LogP contribution in [0.4, 0.5) is 0 Å². The number of aromatic amines is 1. The normalized spacial score (nSPS) is 18.8. The SMILES string of the molecule is CC(C)N1CCc2c([nH]c3ccccc23)C1c1ccccc1. The van der Waals surface area contributed by atoms with Crippen LogP contribution >= 0.6 is 0 Å². The average molecular weight is 290 g/mol. The Kier molecular flexibility index (Phi) is 3.27. The molecule has 1 unspecified atom stereocenters. The monoisotopic (exact) mass is 290 g/mol. The molecule has 112 valence electrons. The molecule has 1 aromatic heterocycles. The molecule has 0 aliphatic carbocycles. The smallest absolute Gasteiger partial charge is 0.0759 e. The second-order valence-corrected chi connectivity index (χ2v) is 6.46. The highest BCUT2D eigenvalue weighted by Crippen LogP contribution is 2.39. The molecule has 2 heterocycles. The molecule has 0 saturated carbocycles. The van der Waals surface area contributed by atoms with Crippen molar-refractivity contribution in [1.29, 1.82) is 0 Å². The Bertz CT molecular complexity index is 786. The number of hydrogen-bond acceptors (Lipinski definition) is 1. The fraction of sp³-hybridized carbons (Fsp3) is 0.300. The van der Waals surface area contributed by atoms with Gasteiger partial charge in [0, 0.05) is 29.2 Å². The van der Waals surface area contributed by atoms with Gasteiger partial charge in [-0.05, 0) is 37.5 Å². The van der Waals surface area contributed by atoms with Crippen molar-refractivity contribution < 1.29 is 0 Å². The molecule has 4 rings (SSSR count). The lowest BCUT2D eigenvalue weighted by Crippen LogP contribution is -2.40. The van der Waals surface area contributed by atoms with Crippen LogP contribution in [0.2, 0.25) is 0 Å². The molecule has 1 aliphatic heterocycles. The highest BCUT2D eigenvalue weighted by molar-refractivity contribution is 5.85. The van der Waals surface area contributed by atoms with Crippen LogP contribution in [-0.2, 0) is 6.42 Å². The van der Waals surface area contributed by atoms with Crippen LogP contribution in [0.15, 0.2) is 54.6 Å². The summed E-state index contributed by atoms with van der Waals surface area (Å²) in [5.74, 6) is 0. The molecule has 2 aromatic carbocycles. The van der Waals surface area contributed by atoms with Crippen LogP contribution in [0.5, 0.6) is 0 Å². The van der Waals surface area contributed by atoms with E-state index in [2.05, 4.69) is 78.3 Å². The van der Waals surface area contributed by atoms with Crippen LogP contribution < -0.4 is 0 Å². The van der Waals surface area contributed by atoms with Crippen molar-refractivity contribution in [1.82, 2.24) is 9.88 Å². The summed E-state index contributed by atoms with van der Waals surface area (Å²) < 4.78 is 0. The summed E-state index contributed by atoms with van der Waals surface area (Å²) in [4.78, 5) is 6.31. The fourth-order valence-corrected chi connectivity index (χ4v) is 3.81. The number of nitrogens with zero attached hydrogens (tertiary/aromatic N) is 1. The molecule has 0 amide bonds. The van der Waals surface area contributed by atoms with E-state index in [-0.39, 0.29) is 0 Å². The van der Waals surface area contributed by atoms with Gasteiger partial charge in [-0.2, -0.15) is 0 Å². The van der Waals surface area contributed by atoms with Crippen molar-refractivity contribution in [3.8, 4) is 0 Å². The Morgan fingerprint density at radius 3 is 2.50 bits per heavy atom. The van der Waals surface area contributed by atoms with Gasteiger partial charge in [0.25, 0.3) is 0 Å². The van der Waals surface area contributed by atoms with E-state index >= 15 is 0 Å². The lowest BCUT2D eigenvalue weighted by Gasteiger charge is -2.39. The molecule has 0 bridgehead atoms. The second kappa shape index (κ2) is 5.29. The van der Waals surface area contributed by atoms with E-state index in [1.54, 1.807) is 0 Å². The third-order valence-electron chi connectivity index (χ3n) is 4.85. The van der Waals surface area contributed by atoms with Crippen molar-refractivity contribution in [2.75, 3.05) is 6.54 Å². The maximum Gasteiger partial charge on any atom is 0.0759 e. The number of aromatic nitrogens is 1. The molecule has 0 fully saturated rings. The lowest BCUT2D eigenvalue weighted by molar-refractivity contribution is 0.165. The fourth-order valence-electron chi connectivity index (χ4n) is 3.81. The topological polar surface area (TPSA) is 19.0 Å². The van der Waals surface area contributed by atoms with Crippen molar-refractivity contribution in [3.63, 3.8) is 0 Å². The molecule has 2 nitrogen and oxygen atoms in total. The maximum absolute atomic E-state index is 3.71. The van der Waals surface area contributed by atoms with Crippen molar-refractivity contribution in [3.05, 3.63) is 71.4 Å². The van der Waals surface area contributed by atoms with E-state index in [1.165, 1.54) is 27.7 Å². The summed E-state index contributed by atoms with van der Waals surface area (Å²) >= 11 is 0. The summed E-state index contributed by atoms with van der Waals surface area (Å²) in [5.41, 5.74) is 5.52. The zero-order valence-corrected chi connectivity index (χ0v) is 13.2. The summed E-state index contributed by atoms with van der Waals surface area (Å²) in [7, 11) is 0. The third-order valence-corrected chi connectivity index (χ3v) is 4.85. The number of nitrogens with one attached hydrogen (secondary N) is 1. The number of benzene rings is 2. The third kappa shape index (κ3) is 2.06. The van der Waals surface area contributed by atoms with Gasteiger partial charge in [0.05, 0.1) is 6.04 Å². The van der Waals surface area contributed by atoms with Crippen LogP contribution in [0.1, 0.15) is 36.7 Å². The van der Waals surface area contributed by atoms with Crippen LogP contribution in [0, 0.1) is 0 Å². The number of fused-ring (bicyclic) bond motifs is 3. The Balaban J connectivity index is 1.93. The number of rotatable bonds is 2. The first-order chi connectivity index (χ1) is 10.8. The quantitative estimate of drug-likeness (QED) is 0.735. The minimum Gasteiger partial charge on any atom is -0.357 e. The predicted molar refractivity (Wildman–Crippen MR) is 92.1 cm³/mol. The Labute approximate surface area is 131 Å². The molecule has 22 heavy (non-hydrogen) atoms. The molecule has 1 aliphatic rings. The number of hydrogen-bond donors (Lipinski definition) is 1. The summed E-state index contributed by atoms with van der Waals surface area (Å²) in [5, 5.41) is 1.39. The maximum atomic E-state index is 3.71. The Morgan fingerprint density at radius 2 is 1.73 bits per heavy atom. The van der Waals surface area contributed by atoms with E-state index < -0.39 is 0 Å². The molecular formula is C20H22N2. The first kappa shape index (κ1) is 13.6. The standard InChI is InChI=1S/C20H22N2/c1-14(2)22-13-12-17-16-10-6-7-11-18(16)21-19(17)20(22)15-8-4-3-5-9-15/h3-11,14,20-21H,12-13H2,1-2H3. The van der Waals surface area contributed by atoms with E-state index in [0.717, 1.165) is 13.0 Å². The van der Waals surface area contributed by atoms with Crippen LogP contribution in [0.25, 0.3) is 10.9 Å². The second-order valence-electron chi connectivity index (χ2n) is 6.46. The van der Waals surface area contributed by atoms with E-state index in [1.807, 2.05) is 0 Å². The van der Waals surface area contributed by atoms with Gasteiger partial charge in [-0.25, -0.2) is 0 Å². The van der Waals surface area contributed by atoms with Gasteiger partial charge in [-0.15, -0.1) is 0 Å². The molecule has 1 N–H and O–H groups in total. The van der Waals surface area contributed by atoms with Crippen LogP contribution in [-0.4, -0.2) is 22.5 Å². The Morgan fingerprint density at radius 1 is 1.00 bits per heavy atom. The highest BCUT2D eigenvalue weighted by atomic mass is 15.2. The zero-order chi connectivity index (χ0) is 15.1. The molecule has 0 spiro atoms. The average Bonchev–Trinajstić information content (AvgIpc) is 2.93. The predicted octanol–water partition coefficient (Wildman–Crippen LogP) is 4.52. The van der Waals surface area contributed by atoms with Gasteiger partial charge in [-0.1, -0.05) is 48.5 Å². The lowest BCUT2D eigenvalue weighted by atomic mass is 9.91. The van der Waals surface area contributed by atoms with Crippen LogP contribution in [0.3, 0.4) is 0 Å². The van der Waals surface area contributed by atoms with Gasteiger partial charge in [0.2, 0.25) is 0 Å². The Hall–Kier alpha value is -2.06. The van der Waals surface area contributed by atoms with Crippen molar-refractivity contribution >= 4 is 10.9 Å².